The predicted molar refractivity (Wildman–Crippen MR) is 90.5 cm³/mol. The molecule has 1 amide bonds. The van der Waals surface area contributed by atoms with Crippen molar-refractivity contribution in [3.05, 3.63) is 45.7 Å². The van der Waals surface area contributed by atoms with Crippen LogP contribution in [0.3, 0.4) is 0 Å². The Bertz CT molecular complexity index is 622. The summed E-state index contributed by atoms with van der Waals surface area (Å²) in [5.74, 6) is 0.369. The first-order valence-corrected chi connectivity index (χ1v) is 8.50. The zero-order valence-electron chi connectivity index (χ0n) is 13.7. The molecule has 0 saturated carbocycles. The van der Waals surface area contributed by atoms with Crippen molar-refractivity contribution in [2.45, 2.75) is 40.0 Å². The molecule has 0 unspecified atom stereocenters. The minimum absolute atomic E-state index is 0.103. The largest absolute Gasteiger partial charge is 0.338 e. The Hall–Kier alpha value is -1.75. The number of hydrogen-bond donors (Lipinski definition) is 0. The highest BCUT2D eigenvalue weighted by Crippen LogP contribution is 2.26. The van der Waals surface area contributed by atoms with Crippen molar-refractivity contribution >= 4 is 17.2 Å². The number of likely N-dealkylation sites (N-methyl/N-ethyl adjacent to an activating group) is 1. The molecule has 118 valence electrons. The first kappa shape index (κ1) is 16.6. The Morgan fingerprint density at radius 2 is 2.00 bits per heavy atom. The van der Waals surface area contributed by atoms with Crippen molar-refractivity contribution in [3.63, 3.8) is 0 Å². The molecule has 22 heavy (non-hydrogen) atoms. The first-order valence-electron chi connectivity index (χ1n) is 7.68. The van der Waals surface area contributed by atoms with Crippen LogP contribution in [-0.4, -0.2) is 33.9 Å². The van der Waals surface area contributed by atoms with Gasteiger partial charge in [-0.25, -0.2) is 4.98 Å². The van der Waals surface area contributed by atoms with Crippen molar-refractivity contribution in [1.29, 1.82) is 0 Å². The molecular weight excluding hydrogens is 294 g/mol. The number of hydrogen-bond acceptors (Lipinski definition) is 4. The zero-order valence-corrected chi connectivity index (χ0v) is 14.5. The summed E-state index contributed by atoms with van der Waals surface area (Å²) in [5, 5.41) is 0.956. The van der Waals surface area contributed by atoms with Crippen molar-refractivity contribution < 1.29 is 4.79 Å². The van der Waals surface area contributed by atoms with E-state index in [0.717, 1.165) is 22.0 Å². The number of aryl methyl sites for hydroxylation is 1. The molecule has 0 aromatic carbocycles. The van der Waals surface area contributed by atoms with Gasteiger partial charge in [-0.1, -0.05) is 13.8 Å². The maximum absolute atomic E-state index is 12.8. The monoisotopic (exact) mass is 317 g/mol. The molecule has 5 heteroatoms. The smallest absolute Gasteiger partial charge is 0.265 e. The standard InChI is InChI=1S/C17H23N3OS/c1-5-20(11-8-14-6-9-18-10-7-14)17(21)16-15(12(2)3)19-13(4)22-16/h6-7,9-10,12H,5,8,11H2,1-4H3. The molecule has 2 heterocycles. The molecular formula is C17H23N3OS. The van der Waals surface area contributed by atoms with Crippen LogP contribution in [0.1, 0.15) is 52.6 Å². The van der Waals surface area contributed by atoms with Gasteiger partial charge in [0.05, 0.1) is 10.7 Å². The van der Waals surface area contributed by atoms with Gasteiger partial charge in [0.25, 0.3) is 5.91 Å². The van der Waals surface area contributed by atoms with Gasteiger partial charge in [0.15, 0.2) is 0 Å². The maximum Gasteiger partial charge on any atom is 0.265 e. The lowest BCUT2D eigenvalue weighted by molar-refractivity contribution is 0.0769. The molecule has 0 N–H and O–H groups in total. The van der Waals surface area contributed by atoms with Gasteiger partial charge in [-0.15, -0.1) is 11.3 Å². The van der Waals surface area contributed by atoms with Gasteiger partial charge >= 0.3 is 0 Å². The van der Waals surface area contributed by atoms with Gasteiger partial charge in [-0.2, -0.15) is 0 Å². The normalized spacial score (nSPS) is 11.0. The third-order valence-corrected chi connectivity index (χ3v) is 4.56. The summed E-state index contributed by atoms with van der Waals surface area (Å²) in [6, 6.07) is 3.99. The molecule has 0 bridgehead atoms. The van der Waals surface area contributed by atoms with Crippen LogP contribution in [0.2, 0.25) is 0 Å². The van der Waals surface area contributed by atoms with E-state index >= 15 is 0 Å². The summed E-state index contributed by atoms with van der Waals surface area (Å²) in [7, 11) is 0. The lowest BCUT2D eigenvalue weighted by atomic mass is 10.1. The van der Waals surface area contributed by atoms with Crippen molar-refractivity contribution in [1.82, 2.24) is 14.9 Å². The fourth-order valence-electron chi connectivity index (χ4n) is 2.35. The summed E-state index contributed by atoms with van der Waals surface area (Å²) in [4.78, 5) is 24.1. The van der Waals surface area contributed by atoms with Crippen LogP contribution in [0, 0.1) is 6.92 Å². The number of carbonyl (C=O) groups excluding carboxylic acids is 1. The van der Waals surface area contributed by atoms with Crippen LogP contribution in [0.15, 0.2) is 24.5 Å². The lowest BCUT2D eigenvalue weighted by Gasteiger charge is -2.21. The summed E-state index contributed by atoms with van der Waals surface area (Å²) in [6.07, 6.45) is 4.42. The molecule has 0 spiro atoms. The quantitative estimate of drug-likeness (QED) is 0.816. The molecule has 4 nitrogen and oxygen atoms in total. The minimum Gasteiger partial charge on any atom is -0.338 e. The molecule has 0 fully saturated rings. The third-order valence-electron chi connectivity index (χ3n) is 3.59. The fourth-order valence-corrected chi connectivity index (χ4v) is 3.39. The van der Waals surface area contributed by atoms with E-state index in [9.17, 15) is 4.79 Å². The van der Waals surface area contributed by atoms with Gasteiger partial charge in [0.1, 0.15) is 4.88 Å². The third kappa shape index (κ3) is 3.91. The number of rotatable bonds is 6. The number of nitrogens with zero attached hydrogens (tertiary/aromatic N) is 3. The molecule has 2 aromatic heterocycles. The predicted octanol–water partition coefficient (Wildman–Crippen LogP) is 3.67. The number of amides is 1. The Balaban J connectivity index is 2.12. The molecule has 2 rings (SSSR count). The van der Waals surface area contributed by atoms with E-state index in [-0.39, 0.29) is 11.8 Å². The van der Waals surface area contributed by atoms with Gasteiger partial charge < -0.3 is 4.90 Å². The van der Waals surface area contributed by atoms with Crippen molar-refractivity contribution in [3.8, 4) is 0 Å². The molecule has 0 aliphatic carbocycles. The SMILES string of the molecule is CCN(CCc1ccncc1)C(=O)c1sc(C)nc1C(C)C. The second kappa shape index (κ2) is 7.49. The molecule has 0 radical (unpaired) electrons. The number of carbonyl (C=O) groups is 1. The Morgan fingerprint density at radius 3 is 2.59 bits per heavy atom. The van der Waals surface area contributed by atoms with Crippen LogP contribution < -0.4 is 0 Å². The van der Waals surface area contributed by atoms with E-state index < -0.39 is 0 Å². The highest BCUT2D eigenvalue weighted by molar-refractivity contribution is 7.13. The second-order valence-corrected chi connectivity index (χ2v) is 6.80. The van der Waals surface area contributed by atoms with Crippen LogP contribution in [0.5, 0.6) is 0 Å². The molecule has 2 aromatic rings. The van der Waals surface area contributed by atoms with Crippen LogP contribution >= 0.6 is 11.3 Å². The second-order valence-electron chi connectivity index (χ2n) is 5.59. The van der Waals surface area contributed by atoms with Crippen LogP contribution in [-0.2, 0) is 6.42 Å². The summed E-state index contributed by atoms with van der Waals surface area (Å²) in [5.41, 5.74) is 2.13. The fraction of sp³-hybridized carbons (Fsp3) is 0.471. The molecule has 0 saturated heterocycles. The Labute approximate surface area is 136 Å². The van der Waals surface area contributed by atoms with E-state index in [4.69, 9.17) is 0 Å². The van der Waals surface area contributed by atoms with Crippen LogP contribution in [0.25, 0.3) is 0 Å². The number of aromatic nitrogens is 2. The summed E-state index contributed by atoms with van der Waals surface area (Å²) < 4.78 is 0. The highest BCUT2D eigenvalue weighted by atomic mass is 32.1. The number of pyridine rings is 1. The maximum atomic E-state index is 12.8. The van der Waals surface area contributed by atoms with Gasteiger partial charge in [0, 0.05) is 25.5 Å². The highest BCUT2D eigenvalue weighted by Gasteiger charge is 2.23. The summed E-state index contributed by atoms with van der Waals surface area (Å²) in [6.45, 7) is 9.57. The van der Waals surface area contributed by atoms with E-state index in [1.165, 1.54) is 16.9 Å². The minimum atomic E-state index is 0.103. The molecule has 0 aliphatic heterocycles. The lowest BCUT2D eigenvalue weighted by Crippen LogP contribution is -2.32. The zero-order chi connectivity index (χ0) is 16.1. The van der Waals surface area contributed by atoms with Crippen molar-refractivity contribution in [2.24, 2.45) is 0 Å². The van der Waals surface area contributed by atoms with Gasteiger partial charge in [0.2, 0.25) is 0 Å². The molecule has 0 aliphatic rings. The number of thiazole rings is 1. The summed E-state index contributed by atoms with van der Waals surface area (Å²) >= 11 is 1.50. The van der Waals surface area contributed by atoms with Gasteiger partial charge in [-0.05, 0) is 43.9 Å². The van der Waals surface area contributed by atoms with Crippen LogP contribution in [0.4, 0.5) is 0 Å². The van der Waals surface area contributed by atoms with E-state index in [2.05, 4.69) is 23.8 Å². The van der Waals surface area contributed by atoms with Gasteiger partial charge in [-0.3, -0.25) is 9.78 Å². The Kier molecular flexibility index (Phi) is 5.66. The van der Waals surface area contributed by atoms with Crippen molar-refractivity contribution in [2.75, 3.05) is 13.1 Å². The first-order chi connectivity index (χ1) is 10.5. The Morgan fingerprint density at radius 1 is 1.32 bits per heavy atom. The van der Waals surface area contributed by atoms with E-state index in [0.29, 0.717) is 13.1 Å². The topological polar surface area (TPSA) is 46.1 Å². The average molecular weight is 317 g/mol. The average Bonchev–Trinajstić information content (AvgIpc) is 2.91. The molecule has 0 atom stereocenters. The van der Waals surface area contributed by atoms with E-state index in [1.807, 2.05) is 30.9 Å². The van der Waals surface area contributed by atoms with E-state index in [1.54, 1.807) is 12.4 Å².